The number of aromatic amines is 1. The van der Waals surface area contributed by atoms with Crippen LogP contribution in [0.5, 0.6) is 0 Å². The van der Waals surface area contributed by atoms with E-state index in [1.165, 1.54) is 0 Å². The summed E-state index contributed by atoms with van der Waals surface area (Å²) in [6.45, 7) is 0.730. The maximum atomic E-state index is 13.2. The van der Waals surface area contributed by atoms with Crippen LogP contribution in [0.15, 0.2) is 30.3 Å². The zero-order valence-electron chi connectivity index (χ0n) is 14.3. The van der Waals surface area contributed by atoms with Crippen molar-refractivity contribution in [2.75, 3.05) is 6.54 Å². The van der Waals surface area contributed by atoms with E-state index in [4.69, 9.17) is 0 Å². The van der Waals surface area contributed by atoms with Crippen LogP contribution in [0, 0.1) is 5.92 Å². The molecule has 6 nitrogen and oxygen atoms in total. The molecule has 0 unspecified atom stereocenters. The molecule has 3 atom stereocenters. The lowest BCUT2D eigenvalue weighted by Crippen LogP contribution is -2.45. The molecule has 4 rings (SSSR count). The number of carbonyl (C=O) groups is 1. The summed E-state index contributed by atoms with van der Waals surface area (Å²) in [4.78, 5) is 15.1. The van der Waals surface area contributed by atoms with Crippen LogP contribution in [-0.4, -0.2) is 50.0 Å². The Kier molecular flexibility index (Phi) is 4.53. The third-order valence-corrected chi connectivity index (χ3v) is 5.63. The van der Waals surface area contributed by atoms with Gasteiger partial charge >= 0.3 is 0 Å². The van der Waals surface area contributed by atoms with Gasteiger partial charge in [-0.2, -0.15) is 15.4 Å². The van der Waals surface area contributed by atoms with Crippen LogP contribution in [-0.2, 0) is 0 Å². The Morgan fingerprint density at radius 2 is 1.88 bits per heavy atom. The molecule has 1 aliphatic carbocycles. The number of aromatic nitrogens is 3. The van der Waals surface area contributed by atoms with Crippen molar-refractivity contribution in [3.63, 3.8) is 0 Å². The normalized spacial score (nSPS) is 26.8. The number of likely N-dealkylation sites (tertiary alicyclic amines) is 1. The van der Waals surface area contributed by atoms with Crippen molar-refractivity contribution in [3.05, 3.63) is 36.0 Å². The van der Waals surface area contributed by atoms with Crippen molar-refractivity contribution in [1.29, 1.82) is 0 Å². The first-order valence-electron chi connectivity index (χ1n) is 9.21. The summed E-state index contributed by atoms with van der Waals surface area (Å²) in [6, 6.07) is 9.77. The van der Waals surface area contributed by atoms with E-state index in [-0.39, 0.29) is 24.0 Å². The van der Waals surface area contributed by atoms with Gasteiger partial charge < -0.3 is 10.0 Å². The minimum atomic E-state index is -0.293. The highest BCUT2D eigenvalue weighted by molar-refractivity contribution is 5.98. The fourth-order valence-corrected chi connectivity index (χ4v) is 4.39. The zero-order chi connectivity index (χ0) is 17.2. The van der Waals surface area contributed by atoms with Crippen LogP contribution in [0.3, 0.4) is 0 Å². The molecule has 25 heavy (non-hydrogen) atoms. The van der Waals surface area contributed by atoms with Crippen LogP contribution in [0.2, 0.25) is 0 Å². The van der Waals surface area contributed by atoms with Gasteiger partial charge in [-0.05, 0) is 25.7 Å². The SMILES string of the molecule is O=C(c1n[nH]nc1-c1ccccc1)N1CCC[C@@H]1[C@H]1CCCC[C@H]1O. The predicted molar refractivity (Wildman–Crippen MR) is 93.8 cm³/mol. The molecule has 0 bridgehead atoms. The second-order valence-electron chi connectivity index (χ2n) is 7.11. The van der Waals surface area contributed by atoms with Crippen LogP contribution >= 0.6 is 0 Å². The van der Waals surface area contributed by atoms with Gasteiger partial charge in [0.15, 0.2) is 5.69 Å². The Balaban J connectivity index is 1.60. The molecule has 0 spiro atoms. The molecule has 1 aromatic carbocycles. The number of carbonyl (C=O) groups excluding carboxylic acids is 1. The van der Waals surface area contributed by atoms with Crippen molar-refractivity contribution in [1.82, 2.24) is 20.3 Å². The Morgan fingerprint density at radius 3 is 2.68 bits per heavy atom. The molecule has 132 valence electrons. The van der Waals surface area contributed by atoms with E-state index in [0.29, 0.717) is 11.4 Å². The minimum Gasteiger partial charge on any atom is -0.393 e. The third kappa shape index (κ3) is 3.06. The standard InChI is InChI=1S/C19H24N4O2/c24-16-11-5-4-9-14(16)15-10-6-12-23(15)19(25)18-17(20-22-21-18)13-7-2-1-3-8-13/h1-3,7-8,14-16,24H,4-6,9-12H2,(H,20,21,22)/t14-,15-,16-/m1/s1. The highest BCUT2D eigenvalue weighted by Gasteiger charge is 2.40. The Bertz CT molecular complexity index is 730. The van der Waals surface area contributed by atoms with Gasteiger partial charge in [-0.1, -0.05) is 43.2 Å². The van der Waals surface area contributed by atoms with Crippen LogP contribution < -0.4 is 0 Å². The third-order valence-electron chi connectivity index (χ3n) is 5.63. The summed E-state index contributed by atoms with van der Waals surface area (Å²) < 4.78 is 0. The summed E-state index contributed by atoms with van der Waals surface area (Å²) in [6.07, 6.45) is 5.73. The summed E-state index contributed by atoms with van der Waals surface area (Å²) in [5.41, 5.74) is 1.86. The molecule has 2 heterocycles. The van der Waals surface area contributed by atoms with Gasteiger partial charge in [-0.15, -0.1) is 0 Å². The number of hydrogen-bond acceptors (Lipinski definition) is 4. The highest BCUT2D eigenvalue weighted by Crippen LogP contribution is 2.35. The highest BCUT2D eigenvalue weighted by atomic mass is 16.3. The number of nitrogens with zero attached hydrogens (tertiary/aromatic N) is 3. The maximum Gasteiger partial charge on any atom is 0.276 e. The molecule has 2 aromatic rings. The van der Waals surface area contributed by atoms with Gasteiger partial charge in [0.05, 0.1) is 6.10 Å². The molecule has 6 heteroatoms. The summed E-state index contributed by atoms with van der Waals surface area (Å²) in [5, 5.41) is 21.4. The summed E-state index contributed by atoms with van der Waals surface area (Å²) >= 11 is 0. The first-order valence-corrected chi connectivity index (χ1v) is 9.21. The van der Waals surface area contributed by atoms with Crippen molar-refractivity contribution < 1.29 is 9.90 Å². The number of nitrogens with one attached hydrogen (secondary N) is 1. The summed E-state index contributed by atoms with van der Waals surface area (Å²) in [7, 11) is 0. The van der Waals surface area contributed by atoms with Gasteiger partial charge in [-0.25, -0.2) is 0 Å². The van der Waals surface area contributed by atoms with E-state index in [1.54, 1.807) is 0 Å². The number of aliphatic hydroxyl groups excluding tert-OH is 1. The van der Waals surface area contributed by atoms with Gasteiger partial charge in [0.1, 0.15) is 5.69 Å². The van der Waals surface area contributed by atoms with E-state index in [1.807, 2.05) is 35.2 Å². The average Bonchev–Trinajstić information content (AvgIpc) is 3.32. The van der Waals surface area contributed by atoms with Crippen molar-refractivity contribution in [3.8, 4) is 11.3 Å². The van der Waals surface area contributed by atoms with E-state index in [0.717, 1.165) is 50.6 Å². The average molecular weight is 340 g/mol. The van der Waals surface area contributed by atoms with Crippen LogP contribution in [0.4, 0.5) is 0 Å². The van der Waals surface area contributed by atoms with E-state index >= 15 is 0 Å². The number of hydrogen-bond donors (Lipinski definition) is 2. The molecule has 1 aliphatic heterocycles. The predicted octanol–water partition coefficient (Wildman–Crippen LogP) is 2.63. The van der Waals surface area contributed by atoms with E-state index in [9.17, 15) is 9.90 Å². The van der Waals surface area contributed by atoms with Crippen LogP contribution in [0.1, 0.15) is 49.0 Å². The Hall–Kier alpha value is -2.21. The second kappa shape index (κ2) is 6.96. The maximum absolute atomic E-state index is 13.2. The van der Waals surface area contributed by atoms with E-state index < -0.39 is 0 Å². The molecule has 0 radical (unpaired) electrons. The topological polar surface area (TPSA) is 82.1 Å². The number of benzene rings is 1. The lowest BCUT2D eigenvalue weighted by Gasteiger charge is -2.37. The number of aliphatic hydroxyl groups is 1. The fourth-order valence-electron chi connectivity index (χ4n) is 4.39. The van der Waals surface area contributed by atoms with Crippen molar-refractivity contribution >= 4 is 5.91 Å². The fraction of sp³-hybridized carbons (Fsp3) is 0.526. The molecule has 1 saturated carbocycles. The van der Waals surface area contributed by atoms with Gasteiger partial charge in [0.2, 0.25) is 0 Å². The second-order valence-corrected chi connectivity index (χ2v) is 7.11. The van der Waals surface area contributed by atoms with Crippen molar-refractivity contribution in [2.45, 2.75) is 50.7 Å². The molecular formula is C19H24N4O2. The van der Waals surface area contributed by atoms with Gasteiger partial charge in [-0.3, -0.25) is 4.79 Å². The lowest BCUT2D eigenvalue weighted by molar-refractivity contribution is 0.0209. The molecule has 1 aromatic heterocycles. The van der Waals surface area contributed by atoms with Gasteiger partial charge in [0.25, 0.3) is 5.91 Å². The Morgan fingerprint density at radius 1 is 1.08 bits per heavy atom. The minimum absolute atomic E-state index is 0.0760. The molecule has 2 N–H and O–H groups in total. The Labute approximate surface area is 147 Å². The summed E-state index contributed by atoms with van der Waals surface area (Å²) in [5.74, 6) is 0.111. The van der Waals surface area contributed by atoms with E-state index in [2.05, 4.69) is 15.4 Å². The molecule has 1 saturated heterocycles. The quantitative estimate of drug-likeness (QED) is 0.900. The monoisotopic (exact) mass is 340 g/mol. The zero-order valence-corrected chi connectivity index (χ0v) is 14.3. The molecule has 2 aliphatic rings. The smallest absolute Gasteiger partial charge is 0.276 e. The first kappa shape index (κ1) is 16.3. The number of amides is 1. The lowest BCUT2D eigenvalue weighted by atomic mass is 9.80. The largest absolute Gasteiger partial charge is 0.393 e. The van der Waals surface area contributed by atoms with Crippen LogP contribution in [0.25, 0.3) is 11.3 Å². The van der Waals surface area contributed by atoms with Crippen molar-refractivity contribution in [2.24, 2.45) is 5.92 Å². The van der Waals surface area contributed by atoms with Gasteiger partial charge in [0, 0.05) is 24.1 Å². The molecular weight excluding hydrogens is 316 g/mol. The number of H-pyrrole nitrogens is 1. The number of rotatable bonds is 3. The first-order chi connectivity index (χ1) is 12.3. The molecule has 1 amide bonds. The molecule has 2 fully saturated rings.